The minimum absolute atomic E-state index is 0.0455. The number of amidine groups is 1. The Bertz CT molecular complexity index is 1080. The summed E-state index contributed by atoms with van der Waals surface area (Å²) in [5.74, 6) is -2.10. The normalized spacial score (nSPS) is 14.4. The first-order valence-corrected chi connectivity index (χ1v) is 9.89. The number of sulfonamides is 1. The van der Waals surface area contributed by atoms with Crippen LogP contribution in [0.25, 0.3) is 0 Å². The Kier molecular flexibility index (Phi) is 5.60. The number of anilines is 1. The minimum Gasteiger partial charge on any atom is -0.322 e. The average molecular weight is 429 g/mol. The van der Waals surface area contributed by atoms with Crippen molar-refractivity contribution in [3.8, 4) is 0 Å². The van der Waals surface area contributed by atoms with E-state index in [0.29, 0.717) is 30.9 Å². The van der Waals surface area contributed by atoms with Crippen molar-refractivity contribution in [1.82, 2.24) is 4.72 Å². The molecule has 0 aromatic heterocycles. The molecule has 1 aliphatic rings. The SMILES string of the molecule is O=C(Nc1cccc(S(=O)(=O)NC2=NCCC2)c1)c1ccc(F)c(C(F)(F)F)c1. The van der Waals surface area contributed by atoms with Gasteiger partial charge in [0.2, 0.25) is 0 Å². The largest absolute Gasteiger partial charge is 0.419 e. The summed E-state index contributed by atoms with van der Waals surface area (Å²) in [6.45, 7) is 0.533. The van der Waals surface area contributed by atoms with Gasteiger partial charge >= 0.3 is 6.18 Å². The zero-order valence-corrected chi connectivity index (χ0v) is 15.6. The number of nitrogens with one attached hydrogen (secondary N) is 2. The molecule has 6 nitrogen and oxygen atoms in total. The minimum atomic E-state index is -4.96. The number of halogens is 4. The number of alkyl halides is 3. The Balaban J connectivity index is 1.81. The van der Waals surface area contributed by atoms with Crippen molar-refractivity contribution in [1.29, 1.82) is 0 Å². The van der Waals surface area contributed by atoms with Gasteiger partial charge in [0, 0.05) is 24.2 Å². The van der Waals surface area contributed by atoms with E-state index in [2.05, 4.69) is 15.0 Å². The molecule has 0 bridgehead atoms. The third-order valence-electron chi connectivity index (χ3n) is 4.06. The van der Waals surface area contributed by atoms with E-state index in [1.165, 1.54) is 18.2 Å². The lowest BCUT2D eigenvalue weighted by Gasteiger charge is -2.12. The predicted molar refractivity (Wildman–Crippen MR) is 97.7 cm³/mol. The van der Waals surface area contributed by atoms with E-state index in [-0.39, 0.29) is 10.6 Å². The molecule has 1 heterocycles. The van der Waals surface area contributed by atoms with Crippen LogP contribution < -0.4 is 10.0 Å². The molecular weight excluding hydrogens is 414 g/mol. The van der Waals surface area contributed by atoms with E-state index < -0.39 is 39.1 Å². The van der Waals surface area contributed by atoms with Crippen molar-refractivity contribution in [2.45, 2.75) is 23.9 Å². The van der Waals surface area contributed by atoms with Crippen LogP contribution in [0.1, 0.15) is 28.8 Å². The summed E-state index contributed by atoms with van der Waals surface area (Å²) in [4.78, 5) is 16.1. The summed E-state index contributed by atoms with van der Waals surface area (Å²) in [5.41, 5.74) is -1.95. The maximum absolute atomic E-state index is 13.4. The van der Waals surface area contributed by atoms with Gasteiger partial charge < -0.3 is 5.32 Å². The highest BCUT2D eigenvalue weighted by Gasteiger charge is 2.34. The number of rotatable bonds is 4. The van der Waals surface area contributed by atoms with Gasteiger partial charge in [-0.3, -0.25) is 14.5 Å². The molecule has 0 saturated heterocycles. The Labute approximate surface area is 163 Å². The van der Waals surface area contributed by atoms with Crippen LogP contribution in [0.4, 0.5) is 23.2 Å². The van der Waals surface area contributed by atoms with Gasteiger partial charge in [-0.2, -0.15) is 13.2 Å². The summed E-state index contributed by atoms with van der Waals surface area (Å²) in [6, 6.07) is 7.04. The fourth-order valence-electron chi connectivity index (χ4n) is 2.66. The second kappa shape index (κ2) is 7.82. The molecule has 2 aromatic carbocycles. The van der Waals surface area contributed by atoms with Crippen LogP contribution in [-0.4, -0.2) is 26.7 Å². The molecule has 0 saturated carbocycles. The first kappa shape index (κ1) is 20.8. The number of hydrogen-bond acceptors (Lipinski definition) is 4. The first-order chi connectivity index (χ1) is 13.6. The number of amides is 1. The Morgan fingerprint density at radius 3 is 2.52 bits per heavy atom. The Morgan fingerprint density at radius 2 is 1.86 bits per heavy atom. The van der Waals surface area contributed by atoms with E-state index >= 15 is 0 Å². The average Bonchev–Trinajstić information content (AvgIpc) is 3.13. The van der Waals surface area contributed by atoms with Crippen molar-refractivity contribution in [2.24, 2.45) is 4.99 Å². The van der Waals surface area contributed by atoms with Crippen molar-refractivity contribution in [3.05, 3.63) is 59.4 Å². The fraction of sp³-hybridized carbons (Fsp3) is 0.222. The number of carbonyl (C=O) groups is 1. The van der Waals surface area contributed by atoms with E-state index in [9.17, 15) is 30.8 Å². The smallest absolute Gasteiger partial charge is 0.322 e. The topological polar surface area (TPSA) is 87.6 Å². The summed E-state index contributed by atoms with van der Waals surface area (Å²) in [7, 11) is -3.93. The van der Waals surface area contributed by atoms with Crippen LogP contribution >= 0.6 is 0 Å². The molecule has 29 heavy (non-hydrogen) atoms. The number of nitrogens with zero attached hydrogens (tertiary/aromatic N) is 1. The number of carbonyl (C=O) groups excluding carboxylic acids is 1. The quantitative estimate of drug-likeness (QED) is 0.729. The molecule has 0 radical (unpaired) electrons. The molecule has 0 atom stereocenters. The molecule has 2 N–H and O–H groups in total. The number of hydrogen-bond donors (Lipinski definition) is 2. The summed E-state index contributed by atoms with van der Waals surface area (Å²) < 4.78 is 79.0. The van der Waals surface area contributed by atoms with Gasteiger partial charge in [-0.05, 0) is 42.8 Å². The van der Waals surface area contributed by atoms with Crippen LogP contribution in [0.3, 0.4) is 0 Å². The Hall–Kier alpha value is -2.95. The zero-order valence-electron chi connectivity index (χ0n) is 14.8. The van der Waals surface area contributed by atoms with Crippen molar-refractivity contribution < 1.29 is 30.8 Å². The predicted octanol–water partition coefficient (Wildman–Crippen LogP) is 3.57. The lowest BCUT2D eigenvalue weighted by molar-refractivity contribution is -0.140. The maximum atomic E-state index is 13.4. The first-order valence-electron chi connectivity index (χ1n) is 8.40. The van der Waals surface area contributed by atoms with E-state index in [0.717, 1.165) is 18.6 Å². The standard InChI is InChI=1S/C18H15F4N3O3S/c19-15-7-6-11(9-14(15)18(20,21)22)17(26)24-12-3-1-4-13(10-12)29(27,28)25-16-5-2-8-23-16/h1,3-4,6-7,9-10H,2,5,8H2,(H,23,25)(H,24,26). The van der Waals surface area contributed by atoms with Crippen LogP contribution in [0.15, 0.2) is 52.4 Å². The summed E-state index contributed by atoms with van der Waals surface area (Å²) >= 11 is 0. The highest BCUT2D eigenvalue weighted by atomic mass is 32.2. The highest BCUT2D eigenvalue weighted by molar-refractivity contribution is 7.90. The number of benzene rings is 2. The molecule has 2 aromatic rings. The second-order valence-electron chi connectivity index (χ2n) is 6.21. The molecule has 1 aliphatic heterocycles. The van der Waals surface area contributed by atoms with E-state index in [1.807, 2.05) is 0 Å². The van der Waals surface area contributed by atoms with Crippen LogP contribution in [0, 0.1) is 5.82 Å². The third kappa shape index (κ3) is 4.91. The molecule has 1 amide bonds. The third-order valence-corrected chi connectivity index (χ3v) is 5.44. The van der Waals surface area contributed by atoms with Gasteiger partial charge in [0.25, 0.3) is 15.9 Å². The van der Waals surface area contributed by atoms with Gasteiger partial charge in [-0.15, -0.1) is 0 Å². The van der Waals surface area contributed by atoms with Gasteiger partial charge in [0.05, 0.1) is 10.5 Å². The van der Waals surface area contributed by atoms with E-state index in [4.69, 9.17) is 0 Å². The van der Waals surface area contributed by atoms with Gasteiger partial charge in [0.1, 0.15) is 11.7 Å². The van der Waals surface area contributed by atoms with Crippen molar-refractivity contribution in [2.75, 3.05) is 11.9 Å². The van der Waals surface area contributed by atoms with Crippen LogP contribution in [0.2, 0.25) is 0 Å². The van der Waals surface area contributed by atoms with Gasteiger partial charge in [0.15, 0.2) is 0 Å². The zero-order chi connectivity index (χ0) is 21.2. The van der Waals surface area contributed by atoms with Crippen molar-refractivity contribution >= 4 is 27.5 Å². The monoisotopic (exact) mass is 429 g/mol. The van der Waals surface area contributed by atoms with E-state index in [1.54, 1.807) is 0 Å². The Morgan fingerprint density at radius 1 is 1.10 bits per heavy atom. The molecule has 0 unspecified atom stereocenters. The molecule has 0 aliphatic carbocycles. The molecule has 11 heteroatoms. The van der Waals surface area contributed by atoms with Crippen LogP contribution in [0.5, 0.6) is 0 Å². The lowest BCUT2D eigenvalue weighted by atomic mass is 10.1. The molecule has 0 spiro atoms. The second-order valence-corrected chi connectivity index (χ2v) is 7.89. The molecule has 154 valence electrons. The fourth-order valence-corrected chi connectivity index (χ4v) is 3.80. The molecular formula is C18H15F4N3O3S. The summed E-state index contributed by atoms with van der Waals surface area (Å²) in [6.07, 6.45) is -3.71. The van der Waals surface area contributed by atoms with Gasteiger partial charge in [-0.1, -0.05) is 6.07 Å². The highest BCUT2D eigenvalue weighted by Crippen LogP contribution is 2.32. The maximum Gasteiger partial charge on any atom is 0.419 e. The summed E-state index contributed by atoms with van der Waals surface area (Å²) in [5, 5.41) is 2.31. The lowest BCUT2D eigenvalue weighted by Crippen LogP contribution is -2.29. The van der Waals surface area contributed by atoms with Crippen molar-refractivity contribution in [3.63, 3.8) is 0 Å². The van der Waals surface area contributed by atoms with Gasteiger partial charge in [-0.25, -0.2) is 12.8 Å². The number of aliphatic imine (C=N–C) groups is 1. The molecule has 3 rings (SSSR count). The molecule has 0 fully saturated rings. The van der Waals surface area contributed by atoms with Crippen LogP contribution in [-0.2, 0) is 16.2 Å².